The Kier molecular flexibility index (Phi) is 15.9. The molecule has 3 N–H and O–H groups in total. The quantitative estimate of drug-likeness (QED) is 0.137. The molecule has 56 heavy (non-hydrogen) atoms. The Hall–Kier alpha value is -5.59. The lowest BCUT2D eigenvalue weighted by atomic mass is 9.97. The van der Waals surface area contributed by atoms with Gasteiger partial charge in [-0.2, -0.15) is 0 Å². The highest BCUT2D eigenvalue weighted by molar-refractivity contribution is 5.75. The van der Waals surface area contributed by atoms with E-state index in [4.69, 9.17) is 9.47 Å². The molecule has 0 bridgehead atoms. The average Bonchev–Trinajstić information content (AvgIpc) is 3.08. The van der Waals surface area contributed by atoms with E-state index in [1.807, 2.05) is 82.8 Å². The molecule has 0 radical (unpaired) electrons. The third kappa shape index (κ3) is 14.2. The summed E-state index contributed by atoms with van der Waals surface area (Å²) in [4.78, 5) is 35.8. The van der Waals surface area contributed by atoms with Gasteiger partial charge in [0.05, 0.1) is 17.6 Å². The minimum Gasteiger partial charge on any atom is -0.444 e. The fourth-order valence-electron chi connectivity index (χ4n) is 5.88. The highest BCUT2D eigenvalue weighted by Crippen LogP contribution is 2.29. The Morgan fingerprint density at radius 3 is 1.88 bits per heavy atom. The fourth-order valence-corrected chi connectivity index (χ4v) is 5.88. The monoisotopic (exact) mass is 780 g/mol. The summed E-state index contributed by atoms with van der Waals surface area (Å²) in [6, 6.07) is 22.3. The minimum atomic E-state index is -0.824. The van der Waals surface area contributed by atoms with Crippen LogP contribution in [0.25, 0.3) is 0 Å². The van der Waals surface area contributed by atoms with E-state index in [1.165, 1.54) is 17.7 Å². The van der Waals surface area contributed by atoms with Gasteiger partial charge in [0.2, 0.25) is 0 Å². The van der Waals surface area contributed by atoms with Crippen LogP contribution in [0.15, 0.2) is 84.9 Å². The molecule has 2 atom stereocenters. The second-order valence-electron chi connectivity index (χ2n) is 15.2. The fraction of sp³-hybridized carbons (Fsp3) is 0.372. The molecule has 0 saturated carbocycles. The Morgan fingerprint density at radius 1 is 0.750 bits per heavy atom. The first-order valence-corrected chi connectivity index (χ1v) is 17.9. The van der Waals surface area contributed by atoms with Gasteiger partial charge in [0.1, 0.15) is 34.5 Å². The van der Waals surface area contributed by atoms with Gasteiger partial charge < -0.3 is 30.3 Å². The molecule has 0 aromatic heterocycles. The van der Waals surface area contributed by atoms with Crippen LogP contribution >= 0.6 is 0 Å². The van der Waals surface area contributed by atoms with E-state index in [0.717, 1.165) is 48.1 Å². The second kappa shape index (κ2) is 19.8. The number of hydrogen-bond acceptors (Lipinski definition) is 7. The number of carbonyl (C=O) groups excluding carboxylic acids is 3. The first-order chi connectivity index (χ1) is 25.9. The molecule has 2 aliphatic rings. The zero-order valence-corrected chi connectivity index (χ0v) is 31.9. The van der Waals surface area contributed by atoms with E-state index in [0.29, 0.717) is 30.9 Å². The lowest BCUT2D eigenvalue weighted by Crippen LogP contribution is -2.49. The maximum atomic E-state index is 14.1. The molecule has 302 valence electrons. The Bertz CT molecular complexity index is 1950. The molecule has 4 aromatic carbocycles. The van der Waals surface area contributed by atoms with Crippen molar-refractivity contribution in [3.8, 4) is 0 Å². The summed E-state index contributed by atoms with van der Waals surface area (Å²) >= 11 is 0. The van der Waals surface area contributed by atoms with E-state index in [2.05, 4.69) is 28.1 Å². The Labute approximate surface area is 326 Å². The molecule has 2 amide bonds. The number of nitrogens with one attached hydrogen (secondary N) is 3. The van der Waals surface area contributed by atoms with Crippen molar-refractivity contribution in [2.45, 2.75) is 91.6 Å². The number of nitrogens with zero attached hydrogens (tertiary/aromatic N) is 1. The van der Waals surface area contributed by atoms with E-state index in [-0.39, 0.29) is 37.7 Å². The normalized spacial score (nSPS) is 15.6. The van der Waals surface area contributed by atoms with Gasteiger partial charge in [0, 0.05) is 48.7 Å². The first-order valence-electron chi connectivity index (χ1n) is 17.9. The maximum absolute atomic E-state index is 14.1. The number of halogens is 4. The third-order valence-electron chi connectivity index (χ3n) is 8.17. The molecule has 0 spiro atoms. The number of anilines is 2. The summed E-state index contributed by atoms with van der Waals surface area (Å²) in [6.07, 6.45) is 1.02. The summed E-state index contributed by atoms with van der Waals surface area (Å²) in [6.45, 7) is 12.5. The number of hydrogen-bond donors (Lipinski definition) is 3. The first kappa shape index (κ1) is 44.8. The van der Waals surface area contributed by atoms with Crippen LogP contribution in [0.2, 0.25) is 0 Å². The molecule has 4 aromatic rings. The highest BCUT2D eigenvalue weighted by Gasteiger charge is 2.28. The average molecular weight is 781 g/mol. The van der Waals surface area contributed by atoms with Crippen molar-refractivity contribution in [1.29, 1.82) is 0 Å². The Balaban J connectivity index is 0.000000249. The maximum Gasteiger partial charge on any atom is 0.407 e. The molecule has 2 unspecified atom stereocenters. The van der Waals surface area contributed by atoms with Crippen molar-refractivity contribution in [2.24, 2.45) is 0 Å². The summed E-state index contributed by atoms with van der Waals surface area (Å²) in [7, 11) is 0. The third-order valence-corrected chi connectivity index (χ3v) is 8.17. The summed E-state index contributed by atoms with van der Waals surface area (Å²) in [5.41, 5.74) is 3.68. The van der Waals surface area contributed by atoms with Gasteiger partial charge in [0.25, 0.3) is 0 Å². The molecule has 13 heteroatoms. The molecule has 0 saturated heterocycles. The van der Waals surface area contributed by atoms with E-state index in [9.17, 15) is 31.9 Å². The summed E-state index contributed by atoms with van der Waals surface area (Å²) in [5, 5.41) is 9.10. The van der Waals surface area contributed by atoms with Crippen molar-refractivity contribution >= 4 is 29.8 Å². The van der Waals surface area contributed by atoms with Crippen molar-refractivity contribution < 1.29 is 41.4 Å². The predicted octanol–water partition coefficient (Wildman–Crippen LogP) is 9.38. The zero-order valence-electron chi connectivity index (χ0n) is 31.9. The topological polar surface area (TPSA) is 109 Å². The van der Waals surface area contributed by atoms with Gasteiger partial charge in [-0.05, 0) is 95.8 Å². The van der Waals surface area contributed by atoms with Crippen molar-refractivity contribution in [2.75, 3.05) is 23.3 Å². The van der Waals surface area contributed by atoms with E-state index < -0.39 is 40.6 Å². The summed E-state index contributed by atoms with van der Waals surface area (Å²) in [5.74, 6) is -2.67. The molecular weight excluding hydrogens is 728 g/mol. The van der Waals surface area contributed by atoms with Crippen LogP contribution in [-0.2, 0) is 28.9 Å². The zero-order chi connectivity index (χ0) is 40.3. The lowest BCUT2D eigenvalue weighted by molar-refractivity contribution is 0.0493. The SMILES string of the molecule is C.CC(C)(C)OC(=O)NC1CNc2ccccc2C1.CC(C)(C)OC(=O)NC1Cc2ccccc2N(Cc2ccc(F)cc2F)C1.O=Cc1ccc(F)cc1F. The van der Waals surface area contributed by atoms with Crippen LogP contribution in [0.3, 0.4) is 0 Å². The molecule has 0 fully saturated rings. The number of benzene rings is 4. The van der Waals surface area contributed by atoms with Gasteiger partial charge in [-0.25, -0.2) is 27.2 Å². The second-order valence-corrected chi connectivity index (χ2v) is 15.2. The summed E-state index contributed by atoms with van der Waals surface area (Å²) < 4.78 is 62.4. The van der Waals surface area contributed by atoms with Crippen LogP contribution in [0, 0.1) is 23.3 Å². The molecular formula is C43H52F4N4O5. The van der Waals surface area contributed by atoms with Gasteiger partial charge >= 0.3 is 12.2 Å². The number of ether oxygens (including phenoxy) is 2. The van der Waals surface area contributed by atoms with Crippen molar-refractivity contribution in [3.63, 3.8) is 0 Å². The van der Waals surface area contributed by atoms with Gasteiger partial charge in [0.15, 0.2) is 6.29 Å². The Morgan fingerprint density at radius 2 is 1.29 bits per heavy atom. The van der Waals surface area contributed by atoms with Crippen LogP contribution in [-0.4, -0.2) is 54.8 Å². The van der Waals surface area contributed by atoms with Crippen molar-refractivity contribution in [1.82, 2.24) is 10.6 Å². The number of aldehydes is 1. The number of fused-ring (bicyclic) bond motifs is 2. The molecule has 2 aliphatic heterocycles. The van der Waals surface area contributed by atoms with E-state index >= 15 is 0 Å². The lowest BCUT2D eigenvalue weighted by Gasteiger charge is -2.36. The standard InChI is InChI=1S/C21H24F2N2O2.C14H20N2O2.C7H4F2O.CH4/c1-21(2,3)27-20(26)24-17-10-14-6-4-5-7-19(14)25(13-17)12-15-8-9-16(22)11-18(15)23;1-14(2,3)18-13(17)16-11-8-10-6-4-5-7-12(10)15-9-11;8-6-2-1-5(4-10)7(9)3-6;/h4-9,11,17H,10,12-13H2,1-3H3,(H,24,26);4-7,11,15H,8-9H2,1-3H3,(H,16,17);1-4H;1H4. The smallest absolute Gasteiger partial charge is 0.407 e. The molecule has 9 nitrogen and oxygen atoms in total. The number of para-hydroxylation sites is 2. The van der Waals surface area contributed by atoms with Crippen LogP contribution in [0.4, 0.5) is 38.5 Å². The molecule has 6 rings (SSSR count). The van der Waals surface area contributed by atoms with Crippen LogP contribution < -0.4 is 20.9 Å². The predicted molar refractivity (Wildman–Crippen MR) is 211 cm³/mol. The largest absolute Gasteiger partial charge is 0.444 e. The molecule has 0 aliphatic carbocycles. The number of carbonyl (C=O) groups is 3. The van der Waals surface area contributed by atoms with Gasteiger partial charge in [-0.1, -0.05) is 49.9 Å². The van der Waals surface area contributed by atoms with Crippen LogP contribution in [0.5, 0.6) is 0 Å². The van der Waals surface area contributed by atoms with E-state index in [1.54, 1.807) is 0 Å². The number of alkyl carbamates (subject to hydrolysis) is 2. The number of amides is 2. The van der Waals surface area contributed by atoms with Gasteiger partial charge in [-0.3, -0.25) is 4.79 Å². The van der Waals surface area contributed by atoms with Gasteiger partial charge in [-0.15, -0.1) is 0 Å². The molecule has 2 heterocycles. The number of rotatable bonds is 5. The minimum absolute atomic E-state index is 0. The van der Waals surface area contributed by atoms with Crippen LogP contribution in [0.1, 0.15) is 76.0 Å². The highest BCUT2D eigenvalue weighted by atomic mass is 19.1. The van der Waals surface area contributed by atoms with Crippen molar-refractivity contribution in [3.05, 3.63) is 130 Å².